The molecular formula is C18H21BrN2O3S. The van der Waals surface area contributed by atoms with E-state index in [4.69, 9.17) is 4.74 Å². The number of nitrogens with zero attached hydrogens (tertiary/aromatic N) is 1. The zero-order valence-corrected chi connectivity index (χ0v) is 17.0. The Morgan fingerprint density at radius 1 is 1.16 bits per heavy atom. The fourth-order valence-electron chi connectivity index (χ4n) is 2.68. The summed E-state index contributed by atoms with van der Waals surface area (Å²) in [5.41, 5.74) is 3.17. The molecule has 0 saturated heterocycles. The second-order valence-electron chi connectivity index (χ2n) is 5.70. The zero-order chi connectivity index (χ0) is 18.6. The van der Waals surface area contributed by atoms with Crippen LogP contribution in [-0.2, 0) is 10.0 Å². The maximum Gasteiger partial charge on any atom is 0.277 e. The van der Waals surface area contributed by atoms with Crippen LogP contribution < -0.4 is 9.57 Å². The molecule has 2 rings (SSSR count). The average molecular weight is 425 g/mol. The van der Waals surface area contributed by atoms with Crippen molar-refractivity contribution < 1.29 is 13.2 Å². The first-order chi connectivity index (χ1) is 11.7. The topological polar surface area (TPSA) is 67.8 Å². The summed E-state index contributed by atoms with van der Waals surface area (Å²) in [7, 11) is -3.72. The van der Waals surface area contributed by atoms with Crippen LogP contribution in [0.15, 0.2) is 44.8 Å². The molecule has 134 valence electrons. The van der Waals surface area contributed by atoms with E-state index < -0.39 is 10.0 Å². The summed E-state index contributed by atoms with van der Waals surface area (Å²) in [5, 5.41) is 3.89. The van der Waals surface area contributed by atoms with Crippen LogP contribution in [0.5, 0.6) is 5.75 Å². The predicted octanol–water partition coefficient (Wildman–Crippen LogP) is 4.09. The lowest BCUT2D eigenvalue weighted by molar-refractivity contribution is 0.338. The maximum absolute atomic E-state index is 12.5. The molecule has 2 aromatic carbocycles. The number of rotatable bonds is 6. The van der Waals surface area contributed by atoms with Crippen LogP contribution in [0.2, 0.25) is 0 Å². The molecule has 5 nitrogen and oxygen atoms in total. The summed E-state index contributed by atoms with van der Waals surface area (Å²) < 4.78 is 31.3. The van der Waals surface area contributed by atoms with Gasteiger partial charge >= 0.3 is 0 Å². The zero-order valence-electron chi connectivity index (χ0n) is 14.6. The first-order valence-electron chi connectivity index (χ1n) is 7.79. The Bertz CT molecular complexity index is 886. The van der Waals surface area contributed by atoms with E-state index in [1.165, 1.54) is 6.21 Å². The minimum absolute atomic E-state index is 0.267. The van der Waals surface area contributed by atoms with E-state index in [1.54, 1.807) is 26.0 Å². The quantitative estimate of drug-likeness (QED) is 0.560. The Morgan fingerprint density at radius 2 is 1.80 bits per heavy atom. The van der Waals surface area contributed by atoms with E-state index in [0.717, 1.165) is 21.3 Å². The number of nitrogens with one attached hydrogen (secondary N) is 1. The number of hydrogen-bond acceptors (Lipinski definition) is 4. The Morgan fingerprint density at radius 3 is 2.36 bits per heavy atom. The third-order valence-electron chi connectivity index (χ3n) is 3.52. The Hall–Kier alpha value is -1.86. The first-order valence-corrected chi connectivity index (χ1v) is 10.1. The minimum atomic E-state index is -3.72. The number of benzene rings is 2. The van der Waals surface area contributed by atoms with Crippen LogP contribution in [0.25, 0.3) is 0 Å². The number of ether oxygens (including phenoxy) is 1. The number of hydrazone groups is 1. The first kappa shape index (κ1) is 19.5. The summed E-state index contributed by atoms with van der Waals surface area (Å²) in [6.07, 6.45) is 1.46. The van der Waals surface area contributed by atoms with E-state index in [9.17, 15) is 8.42 Å². The summed E-state index contributed by atoms with van der Waals surface area (Å²) in [5.74, 6) is 0.728. The Balaban J connectivity index is 2.20. The molecule has 7 heteroatoms. The molecule has 0 aromatic heterocycles. The van der Waals surface area contributed by atoms with E-state index in [0.29, 0.717) is 17.7 Å². The molecule has 0 heterocycles. The van der Waals surface area contributed by atoms with Crippen molar-refractivity contribution in [3.8, 4) is 5.75 Å². The van der Waals surface area contributed by atoms with Crippen LogP contribution in [0.4, 0.5) is 0 Å². The molecule has 0 unspecified atom stereocenters. The van der Waals surface area contributed by atoms with E-state index >= 15 is 0 Å². The molecule has 0 aliphatic rings. The normalized spacial score (nSPS) is 11.7. The standard InChI is InChI=1S/C18H21BrN2O3S/c1-5-24-17-7-6-15(10-16(17)19)11-20-21-25(22,23)18-13(3)8-12(2)9-14(18)4/h6-11,21H,5H2,1-4H3/b20-11+. The largest absolute Gasteiger partial charge is 0.493 e. The molecule has 0 spiro atoms. The molecule has 0 fully saturated rings. The Kier molecular flexibility index (Phi) is 6.24. The molecule has 0 radical (unpaired) electrons. The van der Waals surface area contributed by atoms with Crippen LogP contribution in [-0.4, -0.2) is 21.2 Å². The number of aryl methyl sites for hydroxylation is 3. The van der Waals surface area contributed by atoms with Gasteiger partial charge in [0.25, 0.3) is 10.0 Å². The summed E-state index contributed by atoms with van der Waals surface area (Å²) in [6.45, 7) is 7.97. The fourth-order valence-corrected chi connectivity index (χ4v) is 4.44. The van der Waals surface area contributed by atoms with Crippen molar-refractivity contribution in [3.05, 3.63) is 57.1 Å². The summed E-state index contributed by atoms with van der Waals surface area (Å²) >= 11 is 3.42. The molecule has 0 saturated carbocycles. The predicted molar refractivity (Wildman–Crippen MR) is 104 cm³/mol. The van der Waals surface area contributed by atoms with Crippen LogP contribution in [0, 0.1) is 20.8 Å². The Labute approximate surface area is 157 Å². The highest BCUT2D eigenvalue weighted by atomic mass is 79.9. The molecule has 0 atom stereocenters. The molecule has 1 N–H and O–H groups in total. The van der Waals surface area contributed by atoms with Crippen molar-refractivity contribution >= 4 is 32.2 Å². The van der Waals surface area contributed by atoms with Gasteiger partial charge in [-0.2, -0.15) is 13.5 Å². The molecule has 0 bridgehead atoms. The lowest BCUT2D eigenvalue weighted by Crippen LogP contribution is -2.20. The van der Waals surface area contributed by atoms with Crippen molar-refractivity contribution in [2.45, 2.75) is 32.6 Å². The van der Waals surface area contributed by atoms with Crippen molar-refractivity contribution in [1.82, 2.24) is 4.83 Å². The number of halogens is 1. The minimum Gasteiger partial charge on any atom is -0.493 e. The maximum atomic E-state index is 12.5. The number of hydrogen-bond donors (Lipinski definition) is 1. The molecule has 0 aliphatic heterocycles. The highest BCUT2D eigenvalue weighted by molar-refractivity contribution is 9.10. The third kappa shape index (κ3) is 4.83. The van der Waals surface area contributed by atoms with Crippen LogP contribution >= 0.6 is 15.9 Å². The van der Waals surface area contributed by atoms with Gasteiger partial charge in [0.15, 0.2) is 0 Å². The van der Waals surface area contributed by atoms with Crippen molar-refractivity contribution in [3.63, 3.8) is 0 Å². The molecule has 2 aromatic rings. The van der Waals surface area contributed by atoms with Crippen LogP contribution in [0.3, 0.4) is 0 Å². The SMILES string of the molecule is CCOc1ccc(/C=N/NS(=O)(=O)c2c(C)cc(C)cc2C)cc1Br. The van der Waals surface area contributed by atoms with Crippen LogP contribution in [0.1, 0.15) is 29.2 Å². The number of sulfonamides is 1. The van der Waals surface area contributed by atoms with Gasteiger partial charge in [0, 0.05) is 0 Å². The van der Waals surface area contributed by atoms with Gasteiger partial charge in [-0.15, -0.1) is 0 Å². The average Bonchev–Trinajstić information content (AvgIpc) is 2.48. The third-order valence-corrected chi connectivity index (χ3v) is 5.66. The van der Waals surface area contributed by atoms with E-state index in [-0.39, 0.29) is 4.90 Å². The van der Waals surface area contributed by atoms with Crippen molar-refractivity contribution in [2.75, 3.05) is 6.61 Å². The van der Waals surface area contributed by atoms with Crippen molar-refractivity contribution in [1.29, 1.82) is 0 Å². The van der Waals surface area contributed by atoms with Gasteiger partial charge < -0.3 is 4.74 Å². The van der Waals surface area contributed by atoms with Gasteiger partial charge in [-0.25, -0.2) is 4.83 Å². The van der Waals surface area contributed by atoms with Crippen molar-refractivity contribution in [2.24, 2.45) is 5.10 Å². The second-order valence-corrected chi connectivity index (χ2v) is 8.16. The smallest absolute Gasteiger partial charge is 0.277 e. The van der Waals surface area contributed by atoms with Gasteiger partial charge in [0.2, 0.25) is 0 Å². The van der Waals surface area contributed by atoms with Gasteiger partial charge in [-0.1, -0.05) is 17.7 Å². The lowest BCUT2D eigenvalue weighted by Gasteiger charge is -2.11. The molecule has 0 amide bonds. The lowest BCUT2D eigenvalue weighted by atomic mass is 10.1. The molecule has 25 heavy (non-hydrogen) atoms. The second kappa shape index (κ2) is 8.01. The van der Waals surface area contributed by atoms with Gasteiger partial charge in [-0.3, -0.25) is 0 Å². The van der Waals surface area contributed by atoms with E-state index in [1.807, 2.05) is 32.0 Å². The summed E-state index contributed by atoms with van der Waals surface area (Å²) in [4.78, 5) is 2.55. The van der Waals surface area contributed by atoms with E-state index in [2.05, 4.69) is 25.9 Å². The molecule has 0 aliphatic carbocycles. The molecular weight excluding hydrogens is 404 g/mol. The highest BCUT2D eigenvalue weighted by Crippen LogP contribution is 2.25. The van der Waals surface area contributed by atoms with Gasteiger partial charge in [0.1, 0.15) is 5.75 Å². The fraction of sp³-hybridized carbons (Fsp3) is 0.278. The summed E-state index contributed by atoms with van der Waals surface area (Å²) in [6, 6.07) is 9.10. The monoisotopic (exact) mass is 424 g/mol. The van der Waals surface area contributed by atoms with Gasteiger partial charge in [0.05, 0.1) is 22.2 Å². The van der Waals surface area contributed by atoms with Gasteiger partial charge in [-0.05, 0) is 78.5 Å². The highest BCUT2D eigenvalue weighted by Gasteiger charge is 2.19.